The third-order valence-corrected chi connectivity index (χ3v) is 4.39. The van der Waals surface area contributed by atoms with Gasteiger partial charge in [0.2, 0.25) is 0 Å². The number of nitrogens with one attached hydrogen (secondary N) is 3. The fourth-order valence-electron chi connectivity index (χ4n) is 3.31. The second kappa shape index (κ2) is 5.40. The van der Waals surface area contributed by atoms with Gasteiger partial charge in [-0.05, 0) is 44.8 Å². The summed E-state index contributed by atoms with van der Waals surface area (Å²) in [6.45, 7) is 4.87. The van der Waals surface area contributed by atoms with Crippen molar-refractivity contribution in [2.24, 2.45) is 5.92 Å². The molecule has 1 aromatic rings. The van der Waals surface area contributed by atoms with Gasteiger partial charge in [-0.1, -0.05) is 0 Å². The van der Waals surface area contributed by atoms with Crippen molar-refractivity contribution in [2.75, 3.05) is 25.0 Å². The van der Waals surface area contributed by atoms with E-state index >= 15 is 0 Å². The molecule has 4 N–H and O–H groups in total. The van der Waals surface area contributed by atoms with Crippen LogP contribution in [0.2, 0.25) is 0 Å². The number of hydrogen-bond donors (Lipinski definition) is 4. The summed E-state index contributed by atoms with van der Waals surface area (Å²) in [4.78, 5) is 28.3. The summed E-state index contributed by atoms with van der Waals surface area (Å²) in [7, 11) is 0. The summed E-state index contributed by atoms with van der Waals surface area (Å²) in [6, 6.07) is 1.44. The molecule has 0 aromatic carbocycles. The molecule has 7 nitrogen and oxygen atoms in total. The zero-order chi connectivity index (χ0) is 15.0. The first kappa shape index (κ1) is 13.9. The number of carbonyl (C=O) groups excluding carboxylic acids is 1. The average Bonchev–Trinajstić information content (AvgIpc) is 2.81. The number of amides is 2. The van der Waals surface area contributed by atoms with Crippen molar-refractivity contribution in [3.05, 3.63) is 17.5 Å². The van der Waals surface area contributed by atoms with Crippen LogP contribution >= 0.6 is 0 Å². The molecule has 3 saturated heterocycles. The summed E-state index contributed by atoms with van der Waals surface area (Å²) >= 11 is 0. The van der Waals surface area contributed by atoms with Crippen molar-refractivity contribution >= 4 is 17.7 Å². The minimum atomic E-state index is -1.08. The van der Waals surface area contributed by atoms with Gasteiger partial charge in [-0.3, -0.25) is 0 Å². The van der Waals surface area contributed by atoms with E-state index in [1.165, 1.54) is 0 Å². The molecule has 7 heteroatoms. The molecule has 2 bridgehead atoms. The molecule has 1 aromatic heterocycles. The van der Waals surface area contributed by atoms with Crippen LogP contribution in [0.15, 0.2) is 6.07 Å². The first-order valence-electron chi connectivity index (χ1n) is 7.25. The standard InChI is InChI=1S/C14H20N4O3/c1-8-6-10(12(15-8)13(19)20)16-14(21)17-11-7-18-4-2-9(11)3-5-18/h6,9,11,15H,2-5,7H2,1H3,(H,19,20)(H2,16,17,21). The van der Waals surface area contributed by atoms with Crippen molar-refractivity contribution in [3.8, 4) is 0 Å². The largest absolute Gasteiger partial charge is 0.477 e. The molecule has 1 unspecified atom stereocenters. The lowest BCUT2D eigenvalue weighted by atomic mass is 9.84. The second-order valence-corrected chi connectivity index (χ2v) is 5.89. The smallest absolute Gasteiger partial charge is 0.354 e. The number of carboxylic acid groups (broad SMARTS) is 1. The molecule has 3 aliphatic rings. The van der Waals surface area contributed by atoms with Gasteiger partial charge in [-0.25, -0.2) is 9.59 Å². The summed E-state index contributed by atoms with van der Waals surface area (Å²) in [5, 5.41) is 14.7. The molecule has 0 aliphatic carbocycles. The molecular formula is C14H20N4O3. The number of piperidine rings is 3. The molecule has 0 radical (unpaired) electrons. The number of H-pyrrole nitrogens is 1. The maximum Gasteiger partial charge on any atom is 0.354 e. The molecule has 4 heterocycles. The Balaban J connectivity index is 1.63. The van der Waals surface area contributed by atoms with Crippen LogP contribution in [0.5, 0.6) is 0 Å². The van der Waals surface area contributed by atoms with Crippen molar-refractivity contribution in [1.82, 2.24) is 15.2 Å². The number of rotatable bonds is 3. The number of fused-ring (bicyclic) bond motifs is 3. The Morgan fingerprint density at radius 2 is 2.10 bits per heavy atom. The number of hydrogen-bond acceptors (Lipinski definition) is 3. The van der Waals surface area contributed by atoms with Crippen molar-refractivity contribution in [1.29, 1.82) is 0 Å². The minimum absolute atomic E-state index is 0.0107. The number of aryl methyl sites for hydroxylation is 1. The van der Waals surface area contributed by atoms with Crippen LogP contribution in [0.4, 0.5) is 10.5 Å². The molecule has 21 heavy (non-hydrogen) atoms. The molecule has 3 fully saturated rings. The number of anilines is 1. The molecule has 4 rings (SSSR count). The number of aromatic carboxylic acids is 1. The van der Waals surface area contributed by atoms with Gasteiger partial charge in [0.1, 0.15) is 5.69 Å². The van der Waals surface area contributed by atoms with Gasteiger partial charge in [-0.2, -0.15) is 0 Å². The highest BCUT2D eigenvalue weighted by atomic mass is 16.4. The Bertz CT molecular complexity index is 561. The molecule has 114 valence electrons. The quantitative estimate of drug-likeness (QED) is 0.673. The van der Waals surface area contributed by atoms with Gasteiger partial charge in [0.05, 0.1) is 5.69 Å². The van der Waals surface area contributed by atoms with Crippen LogP contribution in [0.1, 0.15) is 29.0 Å². The number of carbonyl (C=O) groups is 2. The van der Waals surface area contributed by atoms with Crippen molar-refractivity contribution in [2.45, 2.75) is 25.8 Å². The summed E-state index contributed by atoms with van der Waals surface area (Å²) in [5.41, 5.74) is 1.01. The summed E-state index contributed by atoms with van der Waals surface area (Å²) < 4.78 is 0. The number of carboxylic acids is 1. The monoisotopic (exact) mass is 292 g/mol. The van der Waals surface area contributed by atoms with E-state index in [1.807, 2.05) is 0 Å². The fraction of sp³-hybridized carbons (Fsp3) is 0.571. The lowest BCUT2D eigenvalue weighted by Crippen LogP contribution is -2.57. The number of urea groups is 1. The maximum absolute atomic E-state index is 12.1. The predicted octanol–water partition coefficient (Wildman–Crippen LogP) is 1.24. The number of aromatic nitrogens is 1. The number of nitrogens with zero attached hydrogens (tertiary/aromatic N) is 1. The van der Waals surface area contributed by atoms with E-state index in [9.17, 15) is 9.59 Å². The van der Waals surface area contributed by atoms with E-state index in [0.717, 1.165) is 32.5 Å². The van der Waals surface area contributed by atoms with Crippen LogP contribution in [0.3, 0.4) is 0 Å². The van der Waals surface area contributed by atoms with E-state index in [4.69, 9.17) is 5.11 Å². The normalized spacial score (nSPS) is 27.4. The Morgan fingerprint density at radius 3 is 2.67 bits per heavy atom. The van der Waals surface area contributed by atoms with E-state index in [1.54, 1.807) is 13.0 Å². The van der Waals surface area contributed by atoms with Crippen LogP contribution in [-0.4, -0.2) is 52.7 Å². The van der Waals surface area contributed by atoms with E-state index in [2.05, 4.69) is 20.5 Å². The fourth-order valence-corrected chi connectivity index (χ4v) is 3.31. The molecule has 3 aliphatic heterocycles. The summed E-state index contributed by atoms with van der Waals surface area (Å²) in [6.07, 6.45) is 2.24. The van der Waals surface area contributed by atoms with Crippen LogP contribution in [0, 0.1) is 12.8 Å². The SMILES string of the molecule is Cc1cc(NC(=O)NC2CN3CCC2CC3)c(C(=O)O)[nH]1. The van der Waals surface area contributed by atoms with E-state index in [0.29, 0.717) is 17.3 Å². The highest BCUT2D eigenvalue weighted by Gasteiger charge is 2.34. The van der Waals surface area contributed by atoms with Gasteiger partial charge >= 0.3 is 12.0 Å². The lowest BCUT2D eigenvalue weighted by molar-refractivity contribution is 0.0692. The van der Waals surface area contributed by atoms with Crippen molar-refractivity contribution in [3.63, 3.8) is 0 Å². The zero-order valence-corrected chi connectivity index (χ0v) is 12.0. The van der Waals surface area contributed by atoms with Gasteiger partial charge in [0, 0.05) is 18.3 Å². The van der Waals surface area contributed by atoms with Crippen LogP contribution in [-0.2, 0) is 0 Å². The van der Waals surface area contributed by atoms with Crippen molar-refractivity contribution < 1.29 is 14.7 Å². The first-order chi connectivity index (χ1) is 10.0. The van der Waals surface area contributed by atoms with Crippen LogP contribution in [0.25, 0.3) is 0 Å². The van der Waals surface area contributed by atoms with Gasteiger partial charge in [-0.15, -0.1) is 0 Å². The van der Waals surface area contributed by atoms with Gasteiger partial charge < -0.3 is 25.6 Å². The Labute approximate surface area is 122 Å². The third-order valence-electron chi connectivity index (χ3n) is 4.39. The zero-order valence-electron chi connectivity index (χ0n) is 12.0. The average molecular weight is 292 g/mol. The van der Waals surface area contributed by atoms with Gasteiger partial charge in [0.25, 0.3) is 0 Å². The highest BCUT2D eigenvalue weighted by Crippen LogP contribution is 2.27. The summed E-state index contributed by atoms with van der Waals surface area (Å²) in [5.74, 6) is -0.547. The Morgan fingerprint density at radius 1 is 1.38 bits per heavy atom. The van der Waals surface area contributed by atoms with Gasteiger partial charge in [0.15, 0.2) is 0 Å². The second-order valence-electron chi connectivity index (χ2n) is 5.89. The lowest BCUT2D eigenvalue weighted by Gasteiger charge is -2.44. The first-order valence-corrected chi connectivity index (χ1v) is 7.25. The Hall–Kier alpha value is -2.02. The molecular weight excluding hydrogens is 272 g/mol. The molecule has 1 atom stereocenters. The molecule has 0 saturated carbocycles. The predicted molar refractivity (Wildman–Crippen MR) is 77.6 cm³/mol. The van der Waals surface area contributed by atoms with Crippen LogP contribution < -0.4 is 10.6 Å². The minimum Gasteiger partial charge on any atom is -0.477 e. The maximum atomic E-state index is 12.1. The topological polar surface area (TPSA) is 97.5 Å². The highest BCUT2D eigenvalue weighted by molar-refractivity contribution is 5.99. The third kappa shape index (κ3) is 2.87. The van der Waals surface area contributed by atoms with E-state index in [-0.39, 0.29) is 17.8 Å². The number of aromatic amines is 1. The molecule has 0 spiro atoms. The van der Waals surface area contributed by atoms with E-state index < -0.39 is 5.97 Å². The molecule has 2 amide bonds. The Kier molecular flexibility index (Phi) is 3.59.